The van der Waals surface area contributed by atoms with Crippen molar-refractivity contribution in [3.8, 4) is 17.2 Å². The van der Waals surface area contributed by atoms with E-state index in [0.29, 0.717) is 6.61 Å². The maximum absolute atomic E-state index is 11.1. The number of carbonyl (C=O) groups excluding carboxylic acids is 1. The first-order valence-electron chi connectivity index (χ1n) is 7.23. The van der Waals surface area contributed by atoms with Gasteiger partial charge in [-0.15, -0.1) is 0 Å². The van der Waals surface area contributed by atoms with E-state index in [1.807, 2.05) is 55.5 Å². The lowest BCUT2D eigenvalue weighted by Gasteiger charge is -2.10. The minimum Gasteiger partial charge on any atom is -0.494 e. The molecule has 1 saturated carbocycles. The Bertz CT molecular complexity index is 610. The molecule has 0 aromatic heterocycles. The van der Waals surface area contributed by atoms with Crippen LogP contribution < -0.4 is 9.47 Å². The standard InChI is InChI=1S/C18H18O3/c1-2-20-15-7-9-17(10-8-15)21-16-5-3-14(4-6-16)18(13-19)11-12-18/h3-10,13H,2,11-12H2,1H3. The molecule has 1 aliphatic carbocycles. The van der Waals surface area contributed by atoms with Crippen LogP contribution in [0.25, 0.3) is 0 Å². The molecule has 0 bridgehead atoms. The Kier molecular flexibility index (Phi) is 3.65. The molecule has 1 fully saturated rings. The fraction of sp³-hybridized carbons (Fsp3) is 0.278. The monoisotopic (exact) mass is 282 g/mol. The third-order valence-corrected chi connectivity index (χ3v) is 3.81. The smallest absolute Gasteiger partial charge is 0.130 e. The second-order valence-corrected chi connectivity index (χ2v) is 5.30. The van der Waals surface area contributed by atoms with Crippen LogP contribution in [-0.2, 0) is 10.2 Å². The van der Waals surface area contributed by atoms with Crippen molar-refractivity contribution in [1.82, 2.24) is 0 Å². The van der Waals surface area contributed by atoms with Gasteiger partial charge in [0.15, 0.2) is 0 Å². The summed E-state index contributed by atoms with van der Waals surface area (Å²) in [5, 5.41) is 0. The van der Waals surface area contributed by atoms with E-state index < -0.39 is 0 Å². The molecular weight excluding hydrogens is 264 g/mol. The molecular formula is C18H18O3. The molecule has 0 saturated heterocycles. The molecule has 0 spiro atoms. The van der Waals surface area contributed by atoms with Gasteiger partial charge < -0.3 is 14.3 Å². The molecule has 0 heterocycles. The molecule has 1 aliphatic rings. The minimum atomic E-state index is -0.225. The number of benzene rings is 2. The van der Waals surface area contributed by atoms with Gasteiger partial charge in [-0.3, -0.25) is 0 Å². The van der Waals surface area contributed by atoms with Crippen LogP contribution in [0.15, 0.2) is 48.5 Å². The molecule has 3 nitrogen and oxygen atoms in total. The van der Waals surface area contributed by atoms with Gasteiger partial charge in [0.25, 0.3) is 0 Å². The van der Waals surface area contributed by atoms with Crippen molar-refractivity contribution in [2.75, 3.05) is 6.61 Å². The zero-order chi connectivity index (χ0) is 14.7. The molecule has 3 rings (SSSR count). The number of rotatable bonds is 6. The summed E-state index contributed by atoms with van der Waals surface area (Å²) in [6, 6.07) is 15.3. The van der Waals surface area contributed by atoms with Crippen LogP contribution in [0, 0.1) is 0 Å². The Labute approximate surface area is 124 Å². The topological polar surface area (TPSA) is 35.5 Å². The summed E-state index contributed by atoms with van der Waals surface area (Å²) in [5.74, 6) is 2.37. The lowest BCUT2D eigenvalue weighted by molar-refractivity contribution is -0.109. The van der Waals surface area contributed by atoms with Gasteiger partial charge in [-0.1, -0.05) is 12.1 Å². The van der Waals surface area contributed by atoms with Crippen molar-refractivity contribution in [3.05, 3.63) is 54.1 Å². The van der Waals surface area contributed by atoms with Crippen molar-refractivity contribution >= 4 is 6.29 Å². The number of aldehydes is 1. The van der Waals surface area contributed by atoms with E-state index in [1.54, 1.807) is 0 Å². The fourth-order valence-electron chi connectivity index (χ4n) is 2.37. The predicted octanol–water partition coefficient (Wildman–Crippen LogP) is 4.11. The number of hydrogen-bond acceptors (Lipinski definition) is 3. The van der Waals surface area contributed by atoms with Gasteiger partial charge in [0.1, 0.15) is 23.5 Å². The van der Waals surface area contributed by atoms with E-state index >= 15 is 0 Å². The summed E-state index contributed by atoms with van der Waals surface area (Å²) >= 11 is 0. The average molecular weight is 282 g/mol. The highest BCUT2D eigenvalue weighted by Gasteiger charge is 2.44. The first-order valence-corrected chi connectivity index (χ1v) is 7.23. The van der Waals surface area contributed by atoms with Crippen LogP contribution in [0.2, 0.25) is 0 Å². The van der Waals surface area contributed by atoms with E-state index in [4.69, 9.17) is 9.47 Å². The predicted molar refractivity (Wildman–Crippen MR) is 81.1 cm³/mol. The third-order valence-electron chi connectivity index (χ3n) is 3.81. The highest BCUT2D eigenvalue weighted by atomic mass is 16.5. The van der Waals surface area contributed by atoms with Gasteiger partial charge >= 0.3 is 0 Å². The maximum Gasteiger partial charge on any atom is 0.130 e. The Morgan fingerprint density at radius 2 is 1.48 bits per heavy atom. The molecule has 0 atom stereocenters. The lowest BCUT2D eigenvalue weighted by atomic mass is 9.98. The highest BCUT2D eigenvalue weighted by molar-refractivity contribution is 5.73. The maximum atomic E-state index is 11.1. The number of ether oxygens (including phenoxy) is 2. The lowest BCUT2D eigenvalue weighted by Crippen LogP contribution is -2.07. The number of hydrogen-bond donors (Lipinski definition) is 0. The molecule has 108 valence electrons. The van der Waals surface area contributed by atoms with Crippen molar-refractivity contribution in [1.29, 1.82) is 0 Å². The molecule has 21 heavy (non-hydrogen) atoms. The summed E-state index contributed by atoms with van der Waals surface area (Å²) in [7, 11) is 0. The molecule has 3 heteroatoms. The van der Waals surface area contributed by atoms with E-state index in [0.717, 1.165) is 41.9 Å². The number of carbonyl (C=O) groups is 1. The summed E-state index contributed by atoms with van der Waals surface area (Å²) in [5.41, 5.74) is 0.856. The Hall–Kier alpha value is -2.29. The van der Waals surface area contributed by atoms with Crippen LogP contribution in [0.5, 0.6) is 17.2 Å². The zero-order valence-corrected chi connectivity index (χ0v) is 12.0. The molecule has 0 aliphatic heterocycles. The second kappa shape index (κ2) is 5.60. The van der Waals surface area contributed by atoms with Crippen LogP contribution in [0.4, 0.5) is 0 Å². The van der Waals surface area contributed by atoms with Gasteiger partial charge in [-0.25, -0.2) is 0 Å². The van der Waals surface area contributed by atoms with E-state index in [-0.39, 0.29) is 5.41 Å². The summed E-state index contributed by atoms with van der Waals surface area (Å²) in [6.45, 7) is 2.61. The average Bonchev–Trinajstić information content (AvgIpc) is 3.31. The zero-order valence-electron chi connectivity index (χ0n) is 12.0. The van der Waals surface area contributed by atoms with Crippen LogP contribution in [0.3, 0.4) is 0 Å². The first-order chi connectivity index (χ1) is 10.3. The van der Waals surface area contributed by atoms with Crippen LogP contribution >= 0.6 is 0 Å². The molecule has 0 amide bonds. The molecule has 2 aromatic rings. The van der Waals surface area contributed by atoms with Crippen molar-refractivity contribution < 1.29 is 14.3 Å². The van der Waals surface area contributed by atoms with E-state index in [2.05, 4.69) is 0 Å². The summed E-state index contributed by atoms with van der Waals surface area (Å²) in [6.07, 6.45) is 2.97. The summed E-state index contributed by atoms with van der Waals surface area (Å²) < 4.78 is 11.2. The highest BCUT2D eigenvalue weighted by Crippen LogP contribution is 2.46. The molecule has 0 radical (unpaired) electrons. The Balaban J connectivity index is 1.69. The van der Waals surface area contributed by atoms with E-state index in [9.17, 15) is 4.79 Å². The molecule has 0 unspecified atom stereocenters. The van der Waals surface area contributed by atoms with E-state index in [1.165, 1.54) is 0 Å². The minimum absolute atomic E-state index is 0.225. The summed E-state index contributed by atoms with van der Waals surface area (Å²) in [4.78, 5) is 11.1. The van der Waals surface area contributed by atoms with Gasteiger partial charge in [0, 0.05) is 0 Å². The largest absolute Gasteiger partial charge is 0.494 e. The first kappa shape index (κ1) is 13.7. The SMILES string of the molecule is CCOc1ccc(Oc2ccc(C3(C=O)CC3)cc2)cc1. The molecule has 2 aromatic carbocycles. The quantitative estimate of drug-likeness (QED) is 0.748. The second-order valence-electron chi connectivity index (χ2n) is 5.30. The van der Waals surface area contributed by atoms with Crippen molar-refractivity contribution in [2.24, 2.45) is 0 Å². The Morgan fingerprint density at radius 1 is 0.952 bits per heavy atom. The van der Waals surface area contributed by atoms with Gasteiger partial charge in [0.05, 0.1) is 12.0 Å². The van der Waals surface area contributed by atoms with Crippen LogP contribution in [0.1, 0.15) is 25.3 Å². The van der Waals surface area contributed by atoms with Gasteiger partial charge in [-0.05, 0) is 61.7 Å². The molecule has 0 N–H and O–H groups in total. The van der Waals surface area contributed by atoms with Gasteiger partial charge in [-0.2, -0.15) is 0 Å². The normalized spacial score (nSPS) is 15.3. The Morgan fingerprint density at radius 3 is 1.95 bits per heavy atom. The fourth-order valence-corrected chi connectivity index (χ4v) is 2.37. The van der Waals surface area contributed by atoms with Gasteiger partial charge in [0.2, 0.25) is 0 Å². The van der Waals surface area contributed by atoms with Crippen LogP contribution in [-0.4, -0.2) is 12.9 Å². The third kappa shape index (κ3) is 2.92. The van der Waals surface area contributed by atoms with Crippen molar-refractivity contribution in [3.63, 3.8) is 0 Å². The van der Waals surface area contributed by atoms with Crippen molar-refractivity contribution in [2.45, 2.75) is 25.2 Å².